The molecule has 2 aromatic carbocycles. The highest BCUT2D eigenvalue weighted by Crippen LogP contribution is 2.39. The Balaban J connectivity index is 2.17. The number of H-pyrrole nitrogens is 1. The Bertz CT molecular complexity index is 928. The normalized spacial score (nSPS) is 13.2. The number of carbonyl (C=O) groups excluding carboxylic acids is 1. The maximum atomic E-state index is 13.5. The zero-order valence-electron chi connectivity index (χ0n) is 13.5. The number of para-hydroxylation sites is 1. The van der Waals surface area contributed by atoms with Gasteiger partial charge in [0.1, 0.15) is 0 Å². The van der Waals surface area contributed by atoms with Crippen LogP contribution < -0.4 is 5.73 Å². The summed E-state index contributed by atoms with van der Waals surface area (Å²) in [7, 11) is 0. The van der Waals surface area contributed by atoms with Crippen LogP contribution in [-0.4, -0.2) is 17.3 Å². The minimum absolute atomic E-state index is 0.0663. The van der Waals surface area contributed by atoms with Gasteiger partial charge in [0.05, 0.1) is 12.1 Å². The van der Waals surface area contributed by atoms with E-state index in [0.29, 0.717) is 0 Å². The summed E-state index contributed by atoms with van der Waals surface area (Å²) < 4.78 is 40.4. The summed E-state index contributed by atoms with van der Waals surface area (Å²) in [5.41, 5.74) is 6.47. The molecule has 0 aliphatic heterocycles. The lowest BCUT2D eigenvalue weighted by Crippen LogP contribution is -2.17. The number of ketones is 1. The molecule has 0 amide bonds. The molecule has 0 spiro atoms. The highest BCUT2D eigenvalue weighted by molar-refractivity contribution is 5.97. The van der Waals surface area contributed by atoms with Gasteiger partial charge < -0.3 is 10.7 Å². The van der Waals surface area contributed by atoms with E-state index in [2.05, 4.69) is 4.98 Å². The number of halogens is 3. The third-order valence-corrected chi connectivity index (χ3v) is 4.42. The molecular weight excluding hydrogens is 329 g/mol. The van der Waals surface area contributed by atoms with Crippen LogP contribution in [0.25, 0.3) is 10.9 Å². The number of benzene rings is 2. The van der Waals surface area contributed by atoms with E-state index in [1.165, 1.54) is 12.1 Å². The van der Waals surface area contributed by atoms with Crippen molar-refractivity contribution in [3.63, 3.8) is 0 Å². The van der Waals surface area contributed by atoms with Gasteiger partial charge in [0, 0.05) is 28.6 Å². The molecule has 0 aliphatic carbocycles. The first-order valence-corrected chi connectivity index (χ1v) is 7.83. The van der Waals surface area contributed by atoms with Gasteiger partial charge in [0.2, 0.25) is 0 Å². The average molecular weight is 346 g/mol. The van der Waals surface area contributed by atoms with Crippen LogP contribution in [0.5, 0.6) is 0 Å². The molecule has 0 radical (unpaired) electrons. The first-order valence-electron chi connectivity index (χ1n) is 7.83. The van der Waals surface area contributed by atoms with Crippen molar-refractivity contribution in [2.45, 2.75) is 19.0 Å². The maximum absolute atomic E-state index is 13.5. The highest BCUT2D eigenvalue weighted by Gasteiger charge is 2.35. The topological polar surface area (TPSA) is 58.9 Å². The fourth-order valence-electron chi connectivity index (χ4n) is 3.09. The summed E-state index contributed by atoms with van der Waals surface area (Å²) in [6, 6.07) is 10.9. The van der Waals surface area contributed by atoms with Gasteiger partial charge in [-0.2, -0.15) is 13.2 Å². The van der Waals surface area contributed by atoms with Crippen molar-refractivity contribution in [1.29, 1.82) is 0 Å². The molecule has 1 aromatic heterocycles. The number of aromatic nitrogens is 1. The first kappa shape index (κ1) is 17.2. The van der Waals surface area contributed by atoms with Crippen LogP contribution in [0, 0.1) is 0 Å². The van der Waals surface area contributed by atoms with E-state index in [1.807, 2.05) is 24.3 Å². The second-order valence-corrected chi connectivity index (χ2v) is 5.94. The van der Waals surface area contributed by atoms with E-state index in [-0.39, 0.29) is 23.5 Å². The van der Waals surface area contributed by atoms with Crippen LogP contribution in [0.4, 0.5) is 13.2 Å². The number of hydrogen-bond acceptors (Lipinski definition) is 2. The summed E-state index contributed by atoms with van der Waals surface area (Å²) >= 11 is 0. The van der Waals surface area contributed by atoms with Gasteiger partial charge in [-0.25, -0.2) is 0 Å². The zero-order valence-corrected chi connectivity index (χ0v) is 13.5. The Morgan fingerprint density at radius 2 is 1.88 bits per heavy atom. The van der Waals surface area contributed by atoms with E-state index >= 15 is 0 Å². The third-order valence-electron chi connectivity index (χ3n) is 4.42. The average Bonchev–Trinajstić information content (AvgIpc) is 3.03. The monoisotopic (exact) mass is 346 g/mol. The Kier molecular flexibility index (Phi) is 4.39. The molecule has 1 heterocycles. The second kappa shape index (κ2) is 6.37. The minimum atomic E-state index is -4.50. The molecule has 0 saturated carbocycles. The van der Waals surface area contributed by atoms with Gasteiger partial charge in [-0.3, -0.25) is 4.79 Å². The van der Waals surface area contributed by atoms with Gasteiger partial charge in [-0.15, -0.1) is 0 Å². The maximum Gasteiger partial charge on any atom is 0.416 e. The molecule has 3 nitrogen and oxygen atoms in total. The molecule has 3 aromatic rings. The molecule has 0 saturated heterocycles. The van der Waals surface area contributed by atoms with Gasteiger partial charge >= 0.3 is 6.18 Å². The van der Waals surface area contributed by atoms with Crippen molar-refractivity contribution in [3.05, 3.63) is 70.9 Å². The van der Waals surface area contributed by atoms with Crippen molar-refractivity contribution in [3.8, 4) is 0 Å². The van der Waals surface area contributed by atoms with Gasteiger partial charge in [0.15, 0.2) is 5.78 Å². The van der Waals surface area contributed by atoms with Crippen molar-refractivity contribution < 1.29 is 18.0 Å². The SMILES string of the molecule is C[C@H](c1cc(C(=O)CN)ccc1C(F)(F)F)c1c[nH]c2ccccc12. The molecule has 0 aliphatic rings. The minimum Gasteiger partial charge on any atom is -0.361 e. The molecule has 0 bridgehead atoms. The Hall–Kier alpha value is -2.60. The number of rotatable bonds is 4. The fraction of sp³-hybridized carbons (Fsp3) is 0.211. The van der Waals surface area contributed by atoms with Gasteiger partial charge in [0.25, 0.3) is 0 Å². The third kappa shape index (κ3) is 3.17. The summed E-state index contributed by atoms with van der Waals surface area (Å²) in [6.07, 6.45) is -2.78. The van der Waals surface area contributed by atoms with Crippen molar-refractivity contribution in [1.82, 2.24) is 4.98 Å². The number of hydrogen-bond donors (Lipinski definition) is 2. The number of carbonyl (C=O) groups is 1. The standard InChI is InChI=1S/C19H17F3N2O/c1-11(15-10-24-17-5-3-2-4-13(15)17)14-8-12(18(25)9-23)6-7-16(14)19(20,21)22/h2-8,10-11,24H,9,23H2,1H3/t11-/m1/s1. The first-order chi connectivity index (χ1) is 11.8. The number of nitrogens with two attached hydrogens (primary N) is 1. The zero-order chi connectivity index (χ0) is 18.2. The fourth-order valence-corrected chi connectivity index (χ4v) is 3.09. The van der Waals surface area contributed by atoms with Crippen LogP contribution in [0.2, 0.25) is 0 Å². The van der Waals surface area contributed by atoms with Gasteiger partial charge in [-0.1, -0.05) is 31.2 Å². The van der Waals surface area contributed by atoms with Crippen LogP contribution in [0.15, 0.2) is 48.7 Å². The van der Waals surface area contributed by atoms with E-state index < -0.39 is 17.7 Å². The Labute approximate surface area is 142 Å². The Morgan fingerprint density at radius 3 is 2.56 bits per heavy atom. The predicted molar refractivity (Wildman–Crippen MR) is 90.6 cm³/mol. The van der Waals surface area contributed by atoms with Crippen molar-refractivity contribution in [2.75, 3.05) is 6.54 Å². The summed E-state index contributed by atoms with van der Waals surface area (Å²) in [4.78, 5) is 14.9. The smallest absolute Gasteiger partial charge is 0.361 e. The van der Waals surface area contributed by atoms with E-state index in [9.17, 15) is 18.0 Å². The number of aromatic amines is 1. The quantitative estimate of drug-likeness (QED) is 0.684. The molecular formula is C19H17F3N2O. The van der Waals surface area contributed by atoms with E-state index in [0.717, 1.165) is 22.5 Å². The van der Waals surface area contributed by atoms with Crippen LogP contribution >= 0.6 is 0 Å². The highest BCUT2D eigenvalue weighted by atomic mass is 19.4. The summed E-state index contributed by atoms with van der Waals surface area (Å²) in [6.45, 7) is 1.46. The second-order valence-electron chi connectivity index (χ2n) is 5.94. The van der Waals surface area contributed by atoms with Crippen LogP contribution in [0.3, 0.4) is 0 Å². The van der Waals surface area contributed by atoms with E-state index in [4.69, 9.17) is 5.73 Å². The lowest BCUT2D eigenvalue weighted by Gasteiger charge is -2.19. The predicted octanol–water partition coefficient (Wildman–Crippen LogP) is 4.48. The summed E-state index contributed by atoms with van der Waals surface area (Å²) in [5.74, 6) is -0.931. The lowest BCUT2D eigenvalue weighted by atomic mass is 9.87. The lowest BCUT2D eigenvalue weighted by molar-refractivity contribution is -0.138. The molecule has 3 N–H and O–H groups in total. The number of Topliss-reactive ketones (excluding diaryl/α,β-unsaturated/α-hetero) is 1. The summed E-state index contributed by atoms with van der Waals surface area (Å²) in [5, 5.41) is 0.860. The van der Waals surface area contributed by atoms with Crippen molar-refractivity contribution >= 4 is 16.7 Å². The van der Waals surface area contributed by atoms with E-state index in [1.54, 1.807) is 13.1 Å². The molecule has 25 heavy (non-hydrogen) atoms. The molecule has 6 heteroatoms. The van der Waals surface area contributed by atoms with Gasteiger partial charge in [-0.05, 0) is 29.3 Å². The van der Waals surface area contributed by atoms with Crippen LogP contribution in [-0.2, 0) is 6.18 Å². The molecule has 1 atom stereocenters. The molecule has 0 unspecified atom stereocenters. The van der Waals surface area contributed by atoms with Crippen molar-refractivity contribution in [2.24, 2.45) is 5.73 Å². The largest absolute Gasteiger partial charge is 0.416 e. The molecule has 0 fully saturated rings. The number of alkyl halides is 3. The molecule has 3 rings (SSSR count). The number of nitrogens with one attached hydrogen (secondary N) is 1. The molecule has 130 valence electrons. The Morgan fingerprint density at radius 1 is 1.16 bits per heavy atom. The number of fused-ring (bicyclic) bond motifs is 1. The van der Waals surface area contributed by atoms with Crippen LogP contribution in [0.1, 0.15) is 39.9 Å².